The van der Waals surface area contributed by atoms with Crippen LogP contribution in [0.4, 0.5) is 0 Å². The van der Waals surface area contributed by atoms with Crippen molar-refractivity contribution in [1.29, 1.82) is 0 Å². The number of aromatic nitrogens is 1. The molecule has 0 bridgehead atoms. The van der Waals surface area contributed by atoms with E-state index < -0.39 is 15.9 Å². The van der Waals surface area contributed by atoms with Gasteiger partial charge in [0.15, 0.2) is 0 Å². The first-order chi connectivity index (χ1) is 14.5. The van der Waals surface area contributed by atoms with Gasteiger partial charge in [0.05, 0.1) is 5.56 Å². The molecule has 0 saturated heterocycles. The van der Waals surface area contributed by atoms with Gasteiger partial charge in [-0.2, -0.15) is 0 Å². The quantitative estimate of drug-likeness (QED) is 0.618. The molecule has 5 rings (SSSR count). The van der Waals surface area contributed by atoms with Crippen LogP contribution in [0.15, 0.2) is 59.6 Å². The summed E-state index contributed by atoms with van der Waals surface area (Å²) in [5.41, 5.74) is 1.55. The van der Waals surface area contributed by atoms with Crippen molar-refractivity contribution >= 4 is 32.7 Å². The van der Waals surface area contributed by atoms with Crippen LogP contribution in [0.3, 0.4) is 0 Å². The van der Waals surface area contributed by atoms with Crippen molar-refractivity contribution in [3.63, 3.8) is 0 Å². The highest BCUT2D eigenvalue weighted by molar-refractivity contribution is 7.90. The van der Waals surface area contributed by atoms with Crippen LogP contribution >= 0.6 is 0 Å². The Labute approximate surface area is 174 Å². The number of rotatable bonds is 6. The topological polar surface area (TPSA) is 88.5 Å². The Bertz CT molecular complexity index is 1270. The van der Waals surface area contributed by atoms with Gasteiger partial charge in [-0.25, -0.2) is 12.7 Å². The SMILES string of the molecule is O=C(NCCCn1ccc2ccccc21)c1ccc2c(c1)S(=O)(=O)N(C1CC1)C2=O. The molecule has 1 aliphatic heterocycles. The normalized spacial score (nSPS) is 17.3. The molecule has 1 aliphatic carbocycles. The minimum atomic E-state index is -3.86. The van der Waals surface area contributed by atoms with Gasteiger partial charge < -0.3 is 9.88 Å². The van der Waals surface area contributed by atoms with Crippen molar-refractivity contribution in [2.75, 3.05) is 6.54 Å². The van der Waals surface area contributed by atoms with Crippen molar-refractivity contribution in [2.45, 2.75) is 36.7 Å². The molecule has 2 amide bonds. The molecular formula is C22H21N3O4S. The Kier molecular flexibility index (Phi) is 4.39. The predicted octanol–water partition coefficient (Wildman–Crippen LogP) is 2.77. The third-order valence-electron chi connectivity index (χ3n) is 5.63. The van der Waals surface area contributed by atoms with Gasteiger partial charge in [-0.3, -0.25) is 9.59 Å². The molecule has 2 aromatic carbocycles. The summed E-state index contributed by atoms with van der Waals surface area (Å²) in [6, 6.07) is 14.2. The first kappa shape index (κ1) is 18.9. The van der Waals surface area contributed by atoms with Crippen LogP contribution in [-0.2, 0) is 16.6 Å². The van der Waals surface area contributed by atoms with Gasteiger partial charge in [0.2, 0.25) is 0 Å². The summed E-state index contributed by atoms with van der Waals surface area (Å²) in [6.07, 6.45) is 4.16. The number of carbonyl (C=O) groups is 2. The molecule has 30 heavy (non-hydrogen) atoms. The van der Waals surface area contributed by atoms with E-state index in [2.05, 4.69) is 28.1 Å². The van der Waals surface area contributed by atoms with E-state index in [1.165, 1.54) is 23.6 Å². The maximum atomic E-state index is 12.7. The van der Waals surface area contributed by atoms with Crippen molar-refractivity contribution in [2.24, 2.45) is 0 Å². The summed E-state index contributed by atoms with van der Waals surface area (Å²) >= 11 is 0. The standard InChI is InChI=1S/C22H21N3O4S/c26-21(23-11-3-12-24-13-10-15-4-1-2-5-19(15)24)16-6-9-18-20(14-16)30(28,29)25(22(18)27)17-7-8-17/h1-2,4-6,9-10,13-14,17H,3,7-8,11-12H2,(H,23,26). The largest absolute Gasteiger partial charge is 0.352 e. The number of amides is 2. The molecule has 2 aliphatic rings. The van der Waals surface area contributed by atoms with Gasteiger partial charge in [0, 0.05) is 36.4 Å². The number of fused-ring (bicyclic) bond motifs is 2. The van der Waals surface area contributed by atoms with E-state index in [4.69, 9.17) is 0 Å². The highest BCUT2D eigenvalue weighted by Gasteiger charge is 2.48. The molecular weight excluding hydrogens is 402 g/mol. The number of nitrogens with zero attached hydrogens (tertiary/aromatic N) is 2. The van der Waals surface area contributed by atoms with Crippen LogP contribution in [-0.4, -0.2) is 41.7 Å². The number of aryl methyl sites for hydroxylation is 1. The van der Waals surface area contributed by atoms with Crippen LogP contribution in [0.5, 0.6) is 0 Å². The Morgan fingerprint density at radius 1 is 1.10 bits per heavy atom. The molecule has 154 valence electrons. The highest BCUT2D eigenvalue weighted by atomic mass is 32.2. The number of hydrogen-bond acceptors (Lipinski definition) is 4. The predicted molar refractivity (Wildman–Crippen MR) is 112 cm³/mol. The smallest absolute Gasteiger partial charge is 0.269 e. The van der Waals surface area contributed by atoms with Gasteiger partial charge in [-0.15, -0.1) is 0 Å². The molecule has 1 fully saturated rings. The zero-order chi connectivity index (χ0) is 20.9. The van der Waals surface area contributed by atoms with Crippen molar-refractivity contribution in [3.05, 3.63) is 65.9 Å². The van der Waals surface area contributed by atoms with Crippen molar-refractivity contribution in [1.82, 2.24) is 14.2 Å². The summed E-state index contributed by atoms with van der Waals surface area (Å²) in [4.78, 5) is 24.9. The Morgan fingerprint density at radius 3 is 2.70 bits per heavy atom. The van der Waals surface area contributed by atoms with Crippen LogP contribution in [0.1, 0.15) is 40.0 Å². The fourth-order valence-corrected chi connectivity index (χ4v) is 5.79. The van der Waals surface area contributed by atoms with Gasteiger partial charge in [-0.05, 0) is 55.0 Å². The van der Waals surface area contributed by atoms with E-state index in [1.807, 2.05) is 18.3 Å². The average molecular weight is 423 g/mol. The fraction of sp³-hybridized carbons (Fsp3) is 0.273. The van der Waals surface area contributed by atoms with Crippen LogP contribution in [0.2, 0.25) is 0 Å². The zero-order valence-corrected chi connectivity index (χ0v) is 17.1. The Morgan fingerprint density at radius 2 is 1.90 bits per heavy atom. The van der Waals surface area contributed by atoms with Crippen LogP contribution < -0.4 is 5.32 Å². The molecule has 2 heterocycles. The van der Waals surface area contributed by atoms with E-state index in [-0.39, 0.29) is 28.0 Å². The number of nitrogens with one attached hydrogen (secondary N) is 1. The minimum Gasteiger partial charge on any atom is -0.352 e. The van der Waals surface area contributed by atoms with E-state index in [0.717, 1.165) is 22.8 Å². The molecule has 3 aromatic rings. The molecule has 8 heteroatoms. The second kappa shape index (κ2) is 6.98. The molecule has 7 nitrogen and oxygen atoms in total. The number of sulfonamides is 1. The fourth-order valence-electron chi connectivity index (χ4n) is 3.95. The summed E-state index contributed by atoms with van der Waals surface area (Å²) < 4.78 is 28.6. The molecule has 0 atom stereocenters. The van der Waals surface area contributed by atoms with E-state index >= 15 is 0 Å². The van der Waals surface area contributed by atoms with Gasteiger partial charge in [0.1, 0.15) is 4.90 Å². The lowest BCUT2D eigenvalue weighted by molar-refractivity contribution is 0.0863. The van der Waals surface area contributed by atoms with E-state index in [0.29, 0.717) is 19.4 Å². The second-order valence-electron chi connectivity index (χ2n) is 7.73. The molecule has 1 N–H and O–H groups in total. The van der Waals surface area contributed by atoms with Crippen molar-refractivity contribution in [3.8, 4) is 0 Å². The number of carbonyl (C=O) groups excluding carboxylic acids is 2. The maximum absolute atomic E-state index is 12.7. The summed E-state index contributed by atoms with van der Waals surface area (Å²) in [7, 11) is -3.86. The number of hydrogen-bond donors (Lipinski definition) is 1. The summed E-state index contributed by atoms with van der Waals surface area (Å²) in [5.74, 6) is -0.832. The summed E-state index contributed by atoms with van der Waals surface area (Å²) in [5, 5.41) is 4.02. The molecule has 0 unspecified atom stereocenters. The van der Waals surface area contributed by atoms with Crippen molar-refractivity contribution < 1.29 is 18.0 Å². The zero-order valence-electron chi connectivity index (χ0n) is 16.2. The number of benzene rings is 2. The first-order valence-electron chi connectivity index (χ1n) is 10.0. The molecule has 0 radical (unpaired) electrons. The molecule has 1 saturated carbocycles. The monoisotopic (exact) mass is 423 g/mol. The third kappa shape index (κ3) is 3.08. The lowest BCUT2D eigenvalue weighted by Gasteiger charge is -2.13. The van der Waals surface area contributed by atoms with Crippen LogP contribution in [0.25, 0.3) is 10.9 Å². The Hall–Kier alpha value is -3.13. The van der Waals surface area contributed by atoms with Crippen LogP contribution in [0, 0.1) is 0 Å². The van der Waals surface area contributed by atoms with E-state index in [1.54, 1.807) is 0 Å². The maximum Gasteiger partial charge on any atom is 0.269 e. The Balaban J connectivity index is 1.24. The van der Waals surface area contributed by atoms with Gasteiger partial charge in [-0.1, -0.05) is 18.2 Å². The van der Waals surface area contributed by atoms with Gasteiger partial charge >= 0.3 is 0 Å². The van der Waals surface area contributed by atoms with E-state index in [9.17, 15) is 18.0 Å². The lowest BCUT2D eigenvalue weighted by Crippen LogP contribution is -2.32. The minimum absolute atomic E-state index is 0.0640. The lowest BCUT2D eigenvalue weighted by atomic mass is 10.1. The average Bonchev–Trinajstić information content (AvgIpc) is 3.44. The third-order valence-corrected chi connectivity index (χ3v) is 7.51. The summed E-state index contributed by atoms with van der Waals surface area (Å²) in [6.45, 7) is 1.22. The molecule has 0 spiro atoms. The molecule has 1 aromatic heterocycles. The number of para-hydroxylation sites is 1. The first-order valence-corrected chi connectivity index (χ1v) is 11.5. The highest BCUT2D eigenvalue weighted by Crippen LogP contribution is 2.39. The second-order valence-corrected chi connectivity index (χ2v) is 9.51. The van der Waals surface area contributed by atoms with Gasteiger partial charge in [0.25, 0.3) is 21.8 Å².